The quantitative estimate of drug-likeness (QED) is 0.172. The van der Waals surface area contributed by atoms with Crippen LogP contribution in [-0.4, -0.2) is 63.5 Å². The topological polar surface area (TPSA) is 191 Å². The maximum Gasteiger partial charge on any atom is 0.341 e. The van der Waals surface area contributed by atoms with Crippen LogP contribution < -0.4 is 0 Å². The van der Waals surface area contributed by atoms with Crippen molar-refractivity contribution in [2.24, 2.45) is 5.41 Å². The van der Waals surface area contributed by atoms with E-state index in [4.69, 9.17) is 0 Å². The van der Waals surface area contributed by atoms with E-state index >= 15 is 0 Å². The SMILES string of the molecule is C=CC(=O)OCC(OC(=O)C=C)(OC(=O)C=C)C(C(=O)O)(C(=O)O)C(=O)O. The first kappa shape index (κ1) is 23.0. The summed E-state index contributed by atoms with van der Waals surface area (Å²) in [5.74, 6) is -16.0. The molecule has 12 heteroatoms. The summed E-state index contributed by atoms with van der Waals surface area (Å²) in [4.78, 5) is 69.5. The number of carbonyl (C=O) groups is 6. The van der Waals surface area contributed by atoms with Gasteiger partial charge in [-0.15, -0.1) is 0 Å². The van der Waals surface area contributed by atoms with E-state index in [-0.39, 0.29) is 0 Å². The zero-order chi connectivity index (χ0) is 21.4. The lowest BCUT2D eigenvalue weighted by atomic mass is 9.78. The highest BCUT2D eigenvalue weighted by atomic mass is 16.8. The Hall–Kier alpha value is -3.96. The number of carboxylic acid groups (broad SMARTS) is 3. The molecule has 0 aliphatic carbocycles. The molecule has 0 fully saturated rings. The molecular weight excluding hydrogens is 372 g/mol. The minimum atomic E-state index is -4.13. The largest absolute Gasteiger partial charge is 0.480 e. The average Bonchev–Trinajstić information content (AvgIpc) is 2.58. The zero-order valence-electron chi connectivity index (χ0n) is 13.6. The van der Waals surface area contributed by atoms with Crippen molar-refractivity contribution < 1.29 is 58.3 Å². The summed E-state index contributed by atoms with van der Waals surface area (Å²) in [5, 5.41) is 28.0. The Morgan fingerprint density at radius 2 is 1.04 bits per heavy atom. The standard InChI is InChI=1S/C15H14O12/c1-4-8(16)25-7-14(26-9(17)5-2,27-10(18)6-3)15(11(19)20,12(21)22)13(23)24/h4-6H,1-3,7H2,(H,19,20)(H,21,22)(H,23,24). The van der Waals surface area contributed by atoms with Gasteiger partial charge in [0.05, 0.1) is 0 Å². The van der Waals surface area contributed by atoms with Gasteiger partial charge in [-0.2, -0.15) is 0 Å². The normalized spacial score (nSPS) is 10.7. The molecule has 0 aliphatic rings. The van der Waals surface area contributed by atoms with Crippen molar-refractivity contribution in [2.75, 3.05) is 6.61 Å². The lowest BCUT2D eigenvalue weighted by molar-refractivity contribution is -0.278. The highest BCUT2D eigenvalue weighted by Gasteiger charge is 2.75. The third kappa shape index (κ3) is 4.36. The lowest BCUT2D eigenvalue weighted by Crippen LogP contribution is -2.68. The molecule has 0 saturated carbocycles. The van der Waals surface area contributed by atoms with E-state index in [0.29, 0.717) is 18.2 Å². The lowest BCUT2D eigenvalue weighted by Gasteiger charge is -2.39. The predicted octanol–water partition coefficient (Wildman–Crippen LogP) is -0.889. The predicted molar refractivity (Wildman–Crippen MR) is 81.8 cm³/mol. The van der Waals surface area contributed by atoms with E-state index in [1.165, 1.54) is 0 Å². The highest BCUT2D eigenvalue weighted by Crippen LogP contribution is 2.39. The molecule has 0 saturated heterocycles. The van der Waals surface area contributed by atoms with Gasteiger partial charge in [0.2, 0.25) is 0 Å². The minimum Gasteiger partial charge on any atom is -0.480 e. The molecule has 0 aromatic heterocycles. The van der Waals surface area contributed by atoms with Gasteiger partial charge in [0.25, 0.3) is 0 Å². The van der Waals surface area contributed by atoms with Crippen LogP contribution >= 0.6 is 0 Å². The molecule has 0 amide bonds. The second-order valence-electron chi connectivity index (χ2n) is 4.48. The van der Waals surface area contributed by atoms with Crippen molar-refractivity contribution in [1.82, 2.24) is 0 Å². The van der Waals surface area contributed by atoms with Gasteiger partial charge in [0.15, 0.2) is 6.61 Å². The van der Waals surface area contributed by atoms with Gasteiger partial charge in [-0.25, -0.2) is 14.4 Å². The summed E-state index contributed by atoms with van der Waals surface area (Å²) >= 11 is 0. The summed E-state index contributed by atoms with van der Waals surface area (Å²) in [5.41, 5.74) is -4.13. The molecule has 3 N–H and O–H groups in total. The molecule has 0 heterocycles. The van der Waals surface area contributed by atoms with Gasteiger partial charge >= 0.3 is 47.0 Å². The molecule has 0 radical (unpaired) electrons. The van der Waals surface area contributed by atoms with Crippen molar-refractivity contribution in [1.29, 1.82) is 0 Å². The maximum absolute atomic E-state index is 11.6. The van der Waals surface area contributed by atoms with Gasteiger partial charge < -0.3 is 29.5 Å². The average molecular weight is 386 g/mol. The Morgan fingerprint density at radius 3 is 1.30 bits per heavy atom. The molecule has 0 spiro atoms. The molecular formula is C15H14O12. The summed E-state index contributed by atoms with van der Waals surface area (Å²) < 4.78 is 13.4. The van der Waals surface area contributed by atoms with E-state index in [1.807, 2.05) is 0 Å². The van der Waals surface area contributed by atoms with Gasteiger partial charge in [-0.1, -0.05) is 19.7 Å². The van der Waals surface area contributed by atoms with Crippen LogP contribution in [0.2, 0.25) is 0 Å². The van der Waals surface area contributed by atoms with E-state index in [1.54, 1.807) is 0 Å². The van der Waals surface area contributed by atoms with Crippen molar-refractivity contribution in [3.8, 4) is 0 Å². The van der Waals surface area contributed by atoms with Crippen molar-refractivity contribution in [3.63, 3.8) is 0 Å². The van der Waals surface area contributed by atoms with Crippen LogP contribution in [0.5, 0.6) is 0 Å². The third-order valence-corrected chi connectivity index (χ3v) is 2.97. The fourth-order valence-electron chi connectivity index (χ4n) is 1.74. The van der Waals surface area contributed by atoms with E-state index in [2.05, 4.69) is 33.9 Å². The second-order valence-corrected chi connectivity index (χ2v) is 4.48. The maximum atomic E-state index is 11.6. The van der Waals surface area contributed by atoms with Crippen LogP contribution in [0.4, 0.5) is 0 Å². The Labute approximate surface area is 150 Å². The van der Waals surface area contributed by atoms with Crippen molar-refractivity contribution >= 4 is 35.8 Å². The first-order valence-corrected chi connectivity index (χ1v) is 6.65. The Balaban J connectivity index is 6.96. The second kappa shape index (κ2) is 8.94. The number of carbonyl (C=O) groups excluding carboxylic acids is 3. The summed E-state index contributed by atoms with van der Waals surface area (Å²) in [6.07, 6.45) is 1.32. The molecule has 0 unspecified atom stereocenters. The van der Waals surface area contributed by atoms with Gasteiger partial charge in [-0.3, -0.25) is 14.4 Å². The van der Waals surface area contributed by atoms with Crippen LogP contribution in [0.3, 0.4) is 0 Å². The Kier molecular flexibility index (Phi) is 7.63. The number of hydrogen-bond donors (Lipinski definition) is 3. The zero-order valence-corrected chi connectivity index (χ0v) is 13.6. The molecule has 0 aromatic rings. The number of aliphatic carboxylic acids is 3. The molecule has 146 valence electrons. The Morgan fingerprint density at radius 1 is 0.704 bits per heavy atom. The van der Waals surface area contributed by atoms with Crippen LogP contribution in [0, 0.1) is 5.41 Å². The van der Waals surface area contributed by atoms with E-state index in [9.17, 15) is 44.1 Å². The molecule has 27 heavy (non-hydrogen) atoms. The first-order chi connectivity index (χ1) is 12.4. The number of rotatable bonds is 11. The van der Waals surface area contributed by atoms with E-state index < -0.39 is 53.6 Å². The number of hydrogen-bond acceptors (Lipinski definition) is 9. The number of carboxylic acids is 3. The van der Waals surface area contributed by atoms with Gasteiger partial charge in [0, 0.05) is 18.2 Å². The van der Waals surface area contributed by atoms with E-state index in [0.717, 1.165) is 0 Å². The monoisotopic (exact) mass is 386 g/mol. The number of esters is 3. The highest BCUT2D eigenvalue weighted by molar-refractivity contribution is 6.18. The summed E-state index contributed by atoms with van der Waals surface area (Å²) in [7, 11) is 0. The molecule has 0 rings (SSSR count). The van der Waals surface area contributed by atoms with Crippen LogP contribution in [0.1, 0.15) is 0 Å². The fourth-order valence-corrected chi connectivity index (χ4v) is 1.74. The van der Waals surface area contributed by atoms with Crippen LogP contribution in [-0.2, 0) is 43.0 Å². The van der Waals surface area contributed by atoms with Gasteiger partial charge in [0.1, 0.15) is 0 Å². The van der Waals surface area contributed by atoms with Gasteiger partial charge in [-0.05, 0) is 0 Å². The molecule has 0 aliphatic heterocycles. The summed E-state index contributed by atoms with van der Waals surface area (Å²) in [6, 6.07) is 0. The molecule has 12 nitrogen and oxygen atoms in total. The third-order valence-electron chi connectivity index (χ3n) is 2.97. The smallest absolute Gasteiger partial charge is 0.341 e. The fraction of sp³-hybridized carbons (Fsp3) is 0.200. The Bertz CT molecular complexity index is 658. The number of ether oxygens (including phenoxy) is 3. The summed E-state index contributed by atoms with van der Waals surface area (Å²) in [6.45, 7) is 7.33. The molecule has 0 atom stereocenters. The van der Waals surface area contributed by atoms with Crippen molar-refractivity contribution in [2.45, 2.75) is 5.79 Å². The molecule has 0 aromatic carbocycles. The molecule has 0 bridgehead atoms. The van der Waals surface area contributed by atoms with Crippen LogP contribution in [0.25, 0.3) is 0 Å². The minimum absolute atomic E-state index is 0.391. The van der Waals surface area contributed by atoms with Crippen LogP contribution in [0.15, 0.2) is 38.0 Å². The van der Waals surface area contributed by atoms with Crippen molar-refractivity contribution in [3.05, 3.63) is 38.0 Å². The first-order valence-electron chi connectivity index (χ1n) is 6.65.